The minimum atomic E-state index is 0.407. The first kappa shape index (κ1) is 11.6. The molecule has 0 amide bonds. The van der Waals surface area contributed by atoms with Crippen molar-refractivity contribution < 1.29 is 0 Å². The van der Waals surface area contributed by atoms with Gasteiger partial charge >= 0.3 is 0 Å². The molecule has 0 N–H and O–H groups in total. The molecule has 5 heteroatoms. The van der Waals surface area contributed by atoms with Gasteiger partial charge in [0.2, 0.25) is 0 Å². The molecule has 0 saturated heterocycles. The van der Waals surface area contributed by atoms with Crippen molar-refractivity contribution in [1.82, 2.24) is 9.97 Å². The van der Waals surface area contributed by atoms with E-state index < -0.39 is 0 Å². The summed E-state index contributed by atoms with van der Waals surface area (Å²) in [6.45, 7) is 2.25. The van der Waals surface area contributed by atoms with Crippen LogP contribution in [0.4, 0.5) is 0 Å². The lowest BCUT2D eigenvalue weighted by Crippen LogP contribution is -2.02. The SMILES string of the molecule is CC1CCC(c2nc(Cl)c(Br)c(Cl)n2)C1. The summed E-state index contributed by atoms with van der Waals surface area (Å²) in [7, 11) is 0. The number of nitrogens with zero attached hydrogens (tertiary/aromatic N) is 2. The summed E-state index contributed by atoms with van der Waals surface area (Å²) < 4.78 is 0.584. The number of aromatic nitrogens is 2. The molecule has 15 heavy (non-hydrogen) atoms. The summed E-state index contributed by atoms with van der Waals surface area (Å²) in [4.78, 5) is 8.55. The first-order chi connectivity index (χ1) is 7.08. The molecule has 2 unspecified atom stereocenters. The number of halogens is 3. The average molecular weight is 310 g/mol. The Labute approximate surface area is 108 Å². The molecule has 0 spiro atoms. The Morgan fingerprint density at radius 3 is 2.27 bits per heavy atom. The molecule has 1 heterocycles. The van der Waals surface area contributed by atoms with Crippen LogP contribution in [0.5, 0.6) is 0 Å². The molecule has 0 aromatic carbocycles. The predicted octanol–water partition coefficient (Wildman–Crippen LogP) is 4.45. The molecule has 0 bridgehead atoms. The Morgan fingerprint density at radius 1 is 1.20 bits per heavy atom. The molecule has 2 atom stereocenters. The molecule has 1 saturated carbocycles. The van der Waals surface area contributed by atoms with Crippen molar-refractivity contribution in [3.05, 3.63) is 20.6 Å². The predicted molar refractivity (Wildman–Crippen MR) is 65.5 cm³/mol. The molecular weight excluding hydrogens is 299 g/mol. The van der Waals surface area contributed by atoms with Crippen LogP contribution >= 0.6 is 39.1 Å². The van der Waals surface area contributed by atoms with E-state index in [4.69, 9.17) is 23.2 Å². The van der Waals surface area contributed by atoms with Crippen molar-refractivity contribution in [2.24, 2.45) is 5.92 Å². The second kappa shape index (κ2) is 4.56. The average Bonchev–Trinajstić information content (AvgIpc) is 2.60. The fourth-order valence-corrected chi connectivity index (χ4v) is 2.61. The Hall–Kier alpha value is 0.140. The highest BCUT2D eigenvalue weighted by Crippen LogP contribution is 2.38. The summed E-state index contributed by atoms with van der Waals surface area (Å²) in [5.74, 6) is 1.96. The zero-order valence-electron chi connectivity index (χ0n) is 8.30. The second-order valence-corrected chi connectivity index (χ2v) is 5.60. The van der Waals surface area contributed by atoms with Gasteiger partial charge in [0, 0.05) is 5.92 Å². The minimum absolute atomic E-state index is 0.407. The number of hydrogen-bond donors (Lipinski definition) is 0. The van der Waals surface area contributed by atoms with Crippen LogP contribution in [0.2, 0.25) is 10.3 Å². The van der Waals surface area contributed by atoms with Gasteiger partial charge in [-0.25, -0.2) is 9.97 Å². The first-order valence-corrected chi connectivity index (χ1v) is 6.51. The van der Waals surface area contributed by atoms with Crippen LogP contribution in [-0.2, 0) is 0 Å². The van der Waals surface area contributed by atoms with Crippen LogP contribution in [-0.4, -0.2) is 9.97 Å². The standard InChI is InChI=1S/C10H11BrCl2N2/c1-5-2-3-6(4-5)10-14-8(12)7(11)9(13)15-10/h5-6H,2-4H2,1H3. The van der Waals surface area contributed by atoms with E-state index in [1.807, 2.05) is 0 Å². The molecule has 2 nitrogen and oxygen atoms in total. The summed E-state index contributed by atoms with van der Waals surface area (Å²) in [6, 6.07) is 0. The molecule has 1 fully saturated rings. The van der Waals surface area contributed by atoms with Gasteiger partial charge in [-0.2, -0.15) is 0 Å². The van der Waals surface area contributed by atoms with Crippen LogP contribution in [0.1, 0.15) is 37.9 Å². The van der Waals surface area contributed by atoms with Crippen LogP contribution in [0.3, 0.4) is 0 Å². The zero-order chi connectivity index (χ0) is 11.0. The molecule has 1 aromatic heterocycles. The quantitative estimate of drug-likeness (QED) is 0.716. The van der Waals surface area contributed by atoms with Crippen molar-refractivity contribution in [3.63, 3.8) is 0 Å². The van der Waals surface area contributed by atoms with Gasteiger partial charge < -0.3 is 0 Å². The van der Waals surface area contributed by atoms with Gasteiger partial charge in [-0.05, 0) is 41.1 Å². The highest BCUT2D eigenvalue weighted by molar-refractivity contribution is 9.10. The molecule has 82 valence electrons. The van der Waals surface area contributed by atoms with Gasteiger partial charge in [-0.3, -0.25) is 0 Å². The normalized spacial score (nSPS) is 25.9. The Kier molecular flexibility index (Phi) is 3.53. The van der Waals surface area contributed by atoms with Crippen LogP contribution in [0.15, 0.2) is 4.47 Å². The molecule has 0 radical (unpaired) electrons. The van der Waals surface area contributed by atoms with Crippen molar-refractivity contribution in [3.8, 4) is 0 Å². The fourth-order valence-electron chi connectivity index (χ4n) is 2.03. The molecule has 0 aliphatic heterocycles. The topological polar surface area (TPSA) is 25.8 Å². The highest BCUT2D eigenvalue weighted by Gasteiger charge is 2.26. The first-order valence-electron chi connectivity index (χ1n) is 4.96. The molecular formula is C10H11BrCl2N2. The van der Waals surface area contributed by atoms with Crippen LogP contribution < -0.4 is 0 Å². The van der Waals surface area contributed by atoms with Crippen molar-refractivity contribution in [2.45, 2.75) is 32.1 Å². The van der Waals surface area contributed by atoms with Crippen molar-refractivity contribution >= 4 is 39.1 Å². The van der Waals surface area contributed by atoms with Gasteiger partial charge in [-0.1, -0.05) is 30.1 Å². The summed E-state index contributed by atoms with van der Waals surface area (Å²) in [5, 5.41) is 0.814. The molecule has 2 rings (SSSR count). The lowest BCUT2D eigenvalue weighted by Gasteiger charge is -2.09. The van der Waals surface area contributed by atoms with Gasteiger partial charge in [0.25, 0.3) is 0 Å². The summed E-state index contributed by atoms with van der Waals surface area (Å²) >= 11 is 15.1. The zero-order valence-corrected chi connectivity index (χ0v) is 11.4. The van der Waals surface area contributed by atoms with Crippen molar-refractivity contribution in [1.29, 1.82) is 0 Å². The third kappa shape index (κ3) is 2.45. The lowest BCUT2D eigenvalue weighted by molar-refractivity contribution is 0.585. The van der Waals surface area contributed by atoms with E-state index in [1.54, 1.807) is 0 Å². The van der Waals surface area contributed by atoms with E-state index in [-0.39, 0.29) is 0 Å². The van der Waals surface area contributed by atoms with Gasteiger partial charge in [0.05, 0.1) is 4.47 Å². The largest absolute Gasteiger partial charge is 0.220 e. The van der Waals surface area contributed by atoms with E-state index >= 15 is 0 Å². The maximum Gasteiger partial charge on any atom is 0.148 e. The van der Waals surface area contributed by atoms with E-state index in [2.05, 4.69) is 32.8 Å². The number of rotatable bonds is 1. The lowest BCUT2D eigenvalue weighted by atomic mass is 10.1. The monoisotopic (exact) mass is 308 g/mol. The summed E-state index contributed by atoms with van der Waals surface area (Å²) in [6.07, 6.45) is 3.50. The number of hydrogen-bond acceptors (Lipinski definition) is 2. The van der Waals surface area contributed by atoms with E-state index in [9.17, 15) is 0 Å². The van der Waals surface area contributed by atoms with E-state index in [0.717, 1.165) is 24.6 Å². The third-order valence-electron chi connectivity index (χ3n) is 2.85. The fraction of sp³-hybridized carbons (Fsp3) is 0.600. The van der Waals surface area contributed by atoms with E-state index in [1.165, 1.54) is 6.42 Å². The third-order valence-corrected chi connectivity index (χ3v) is 4.60. The van der Waals surface area contributed by atoms with E-state index in [0.29, 0.717) is 20.7 Å². The maximum absolute atomic E-state index is 5.95. The summed E-state index contributed by atoms with van der Waals surface area (Å²) in [5.41, 5.74) is 0. The van der Waals surface area contributed by atoms with Gasteiger partial charge in [0.15, 0.2) is 0 Å². The van der Waals surface area contributed by atoms with Crippen LogP contribution in [0, 0.1) is 5.92 Å². The highest BCUT2D eigenvalue weighted by atomic mass is 79.9. The Bertz CT molecular complexity index is 361. The molecule has 1 aliphatic carbocycles. The smallest absolute Gasteiger partial charge is 0.148 e. The minimum Gasteiger partial charge on any atom is -0.220 e. The maximum atomic E-state index is 5.95. The Balaban J connectivity index is 2.29. The molecule has 1 aliphatic rings. The Morgan fingerprint density at radius 2 is 1.80 bits per heavy atom. The molecule has 1 aromatic rings. The van der Waals surface area contributed by atoms with Crippen molar-refractivity contribution in [2.75, 3.05) is 0 Å². The second-order valence-electron chi connectivity index (χ2n) is 4.09. The van der Waals surface area contributed by atoms with Gasteiger partial charge in [0.1, 0.15) is 16.1 Å². The van der Waals surface area contributed by atoms with Crippen LogP contribution in [0.25, 0.3) is 0 Å². The van der Waals surface area contributed by atoms with Gasteiger partial charge in [-0.15, -0.1) is 0 Å².